The Bertz CT molecular complexity index is 830. The lowest BCUT2D eigenvalue weighted by Gasteiger charge is -2.33. The Kier molecular flexibility index (Phi) is 6.03. The molecule has 0 unspecified atom stereocenters. The Hall–Kier alpha value is -1.93. The van der Waals surface area contributed by atoms with Crippen LogP contribution in [0.2, 0.25) is 5.02 Å². The Morgan fingerprint density at radius 3 is 2.59 bits per heavy atom. The quantitative estimate of drug-likeness (QED) is 0.599. The fourth-order valence-corrected chi connectivity index (χ4v) is 3.77. The Morgan fingerprint density at radius 2 is 1.85 bits per heavy atom. The van der Waals surface area contributed by atoms with Gasteiger partial charge < -0.3 is 9.26 Å². The third kappa shape index (κ3) is 5.07. The highest BCUT2D eigenvalue weighted by atomic mass is 35.5. The van der Waals surface area contributed by atoms with Crippen LogP contribution in [0.25, 0.3) is 11.4 Å². The minimum absolute atomic E-state index is 0.671. The van der Waals surface area contributed by atoms with Crippen LogP contribution in [0, 0.1) is 0 Å². The number of aromatic nitrogens is 2. The van der Waals surface area contributed by atoms with Gasteiger partial charge in [-0.3, -0.25) is 9.80 Å². The van der Waals surface area contributed by atoms with E-state index in [1.54, 1.807) is 11.3 Å². The maximum atomic E-state index is 5.88. The van der Waals surface area contributed by atoms with Crippen molar-refractivity contribution in [2.24, 2.45) is 0 Å². The largest absolute Gasteiger partial charge is 0.492 e. The molecule has 1 aromatic carbocycles. The smallest absolute Gasteiger partial charge is 0.241 e. The number of hydrogen-bond acceptors (Lipinski definition) is 7. The van der Waals surface area contributed by atoms with Crippen LogP contribution in [-0.4, -0.2) is 59.3 Å². The maximum Gasteiger partial charge on any atom is 0.241 e. The van der Waals surface area contributed by atoms with E-state index in [1.807, 2.05) is 41.1 Å². The number of halogens is 1. The third-order valence-electron chi connectivity index (χ3n) is 4.56. The summed E-state index contributed by atoms with van der Waals surface area (Å²) in [5, 5.41) is 8.84. The maximum absolute atomic E-state index is 5.88. The molecule has 3 aromatic rings. The molecular formula is C19H21ClN4O2S. The molecule has 0 N–H and O–H groups in total. The van der Waals surface area contributed by atoms with Crippen LogP contribution in [-0.2, 0) is 6.54 Å². The van der Waals surface area contributed by atoms with Crippen molar-refractivity contribution in [3.63, 3.8) is 0 Å². The number of piperazine rings is 1. The van der Waals surface area contributed by atoms with Gasteiger partial charge >= 0.3 is 0 Å². The minimum Gasteiger partial charge on any atom is -0.492 e. The van der Waals surface area contributed by atoms with E-state index in [-0.39, 0.29) is 0 Å². The number of hydrogen-bond donors (Lipinski definition) is 0. The molecule has 1 fully saturated rings. The highest BCUT2D eigenvalue weighted by Crippen LogP contribution is 2.19. The van der Waals surface area contributed by atoms with Gasteiger partial charge in [-0.15, -0.1) is 0 Å². The van der Waals surface area contributed by atoms with Crippen molar-refractivity contribution >= 4 is 22.9 Å². The fourth-order valence-electron chi connectivity index (χ4n) is 3.01. The van der Waals surface area contributed by atoms with E-state index in [1.165, 1.54) is 0 Å². The summed E-state index contributed by atoms with van der Waals surface area (Å²) in [6.45, 7) is 6.28. The zero-order valence-electron chi connectivity index (χ0n) is 14.9. The van der Waals surface area contributed by atoms with Crippen LogP contribution < -0.4 is 4.74 Å². The van der Waals surface area contributed by atoms with Gasteiger partial charge in [0.2, 0.25) is 11.7 Å². The van der Waals surface area contributed by atoms with Gasteiger partial charge in [0.25, 0.3) is 0 Å². The SMILES string of the molecule is Clc1ccc(OCCN2CCN(Cc3nc(-c4ccsc4)no3)CC2)cc1. The standard InChI is InChI=1S/C19H21ClN4O2S/c20-16-1-3-17(4-2-16)25-11-10-23-6-8-24(9-7-23)13-18-21-19(22-26-18)15-5-12-27-14-15/h1-5,12,14H,6-11,13H2. The summed E-state index contributed by atoms with van der Waals surface area (Å²) in [5.74, 6) is 2.20. The summed E-state index contributed by atoms with van der Waals surface area (Å²) in [6, 6.07) is 9.49. The predicted molar refractivity (Wildman–Crippen MR) is 106 cm³/mol. The lowest BCUT2D eigenvalue weighted by atomic mass is 10.3. The summed E-state index contributed by atoms with van der Waals surface area (Å²) < 4.78 is 11.2. The van der Waals surface area contributed by atoms with Gasteiger partial charge in [0, 0.05) is 48.7 Å². The number of benzene rings is 1. The molecule has 6 nitrogen and oxygen atoms in total. The molecule has 1 aliphatic rings. The zero-order chi connectivity index (χ0) is 18.5. The van der Waals surface area contributed by atoms with E-state index in [4.69, 9.17) is 20.9 Å². The van der Waals surface area contributed by atoms with Crippen LogP contribution in [0.15, 0.2) is 45.6 Å². The van der Waals surface area contributed by atoms with E-state index in [0.717, 1.165) is 49.1 Å². The Morgan fingerprint density at radius 1 is 1.07 bits per heavy atom. The molecule has 0 bridgehead atoms. The van der Waals surface area contributed by atoms with Crippen molar-refractivity contribution in [1.82, 2.24) is 19.9 Å². The summed E-state index contributed by atoms with van der Waals surface area (Å²) in [4.78, 5) is 9.26. The fraction of sp³-hybridized carbons (Fsp3) is 0.368. The third-order valence-corrected chi connectivity index (χ3v) is 5.50. The summed E-state index contributed by atoms with van der Waals surface area (Å²) in [7, 11) is 0. The van der Waals surface area contributed by atoms with Crippen molar-refractivity contribution in [2.45, 2.75) is 6.54 Å². The monoisotopic (exact) mass is 404 g/mol. The molecule has 0 atom stereocenters. The average molecular weight is 405 g/mol. The van der Waals surface area contributed by atoms with E-state index < -0.39 is 0 Å². The van der Waals surface area contributed by atoms with Crippen molar-refractivity contribution in [3.05, 3.63) is 52.0 Å². The number of nitrogens with zero attached hydrogens (tertiary/aromatic N) is 4. The molecule has 1 saturated heterocycles. The van der Waals surface area contributed by atoms with Gasteiger partial charge in [-0.1, -0.05) is 16.8 Å². The van der Waals surface area contributed by atoms with Gasteiger partial charge in [-0.2, -0.15) is 16.3 Å². The van der Waals surface area contributed by atoms with Crippen molar-refractivity contribution in [2.75, 3.05) is 39.3 Å². The molecule has 8 heteroatoms. The van der Waals surface area contributed by atoms with Gasteiger partial charge in [-0.25, -0.2) is 0 Å². The summed E-state index contributed by atoms with van der Waals surface area (Å²) in [5.41, 5.74) is 1.01. The van der Waals surface area contributed by atoms with Gasteiger partial charge in [0.1, 0.15) is 12.4 Å². The predicted octanol–water partition coefficient (Wildman–Crippen LogP) is 3.65. The van der Waals surface area contributed by atoms with E-state index in [0.29, 0.717) is 24.9 Å². The first kappa shape index (κ1) is 18.4. The molecular weight excluding hydrogens is 384 g/mol. The number of thiophene rings is 1. The minimum atomic E-state index is 0.671. The molecule has 2 aromatic heterocycles. The molecule has 4 rings (SSSR count). The van der Waals surface area contributed by atoms with Crippen LogP contribution in [0.1, 0.15) is 5.89 Å². The Labute approximate surface area is 167 Å². The summed E-state index contributed by atoms with van der Waals surface area (Å²) in [6.07, 6.45) is 0. The van der Waals surface area contributed by atoms with Gasteiger partial charge in [-0.05, 0) is 35.7 Å². The zero-order valence-corrected chi connectivity index (χ0v) is 16.5. The second-order valence-corrected chi connectivity index (χ2v) is 7.66. The van der Waals surface area contributed by atoms with E-state index in [2.05, 4.69) is 19.9 Å². The first-order chi connectivity index (χ1) is 13.3. The molecule has 0 radical (unpaired) electrons. The topological polar surface area (TPSA) is 54.6 Å². The highest BCUT2D eigenvalue weighted by Gasteiger charge is 2.19. The highest BCUT2D eigenvalue weighted by molar-refractivity contribution is 7.08. The van der Waals surface area contributed by atoms with Crippen LogP contribution in [0.4, 0.5) is 0 Å². The molecule has 27 heavy (non-hydrogen) atoms. The second kappa shape index (κ2) is 8.84. The second-order valence-electron chi connectivity index (χ2n) is 6.44. The molecule has 142 valence electrons. The van der Waals surface area contributed by atoms with Gasteiger partial charge in [0.15, 0.2) is 0 Å². The molecule has 1 aliphatic heterocycles. The molecule has 0 spiro atoms. The normalized spacial score (nSPS) is 15.9. The van der Waals surface area contributed by atoms with Crippen molar-refractivity contribution < 1.29 is 9.26 Å². The van der Waals surface area contributed by atoms with Crippen LogP contribution in [0.5, 0.6) is 5.75 Å². The molecule has 0 aliphatic carbocycles. The lowest BCUT2D eigenvalue weighted by molar-refractivity contribution is 0.104. The van der Waals surface area contributed by atoms with Crippen molar-refractivity contribution in [1.29, 1.82) is 0 Å². The van der Waals surface area contributed by atoms with Crippen LogP contribution in [0.3, 0.4) is 0 Å². The first-order valence-corrected chi connectivity index (χ1v) is 10.3. The van der Waals surface area contributed by atoms with E-state index >= 15 is 0 Å². The average Bonchev–Trinajstić information content (AvgIpc) is 3.36. The number of rotatable bonds is 7. The molecule has 0 saturated carbocycles. The van der Waals surface area contributed by atoms with Gasteiger partial charge in [0.05, 0.1) is 6.54 Å². The van der Waals surface area contributed by atoms with E-state index in [9.17, 15) is 0 Å². The number of ether oxygens (including phenoxy) is 1. The van der Waals surface area contributed by atoms with Crippen molar-refractivity contribution in [3.8, 4) is 17.1 Å². The first-order valence-electron chi connectivity index (χ1n) is 8.94. The molecule has 3 heterocycles. The molecule has 0 amide bonds. The van der Waals surface area contributed by atoms with Crippen LogP contribution >= 0.6 is 22.9 Å². The lowest BCUT2D eigenvalue weighted by Crippen LogP contribution is -2.47. The summed E-state index contributed by atoms with van der Waals surface area (Å²) >= 11 is 7.51. The Balaban J connectivity index is 1.18.